The number of hydrogen-bond acceptors (Lipinski definition) is 5. The summed E-state index contributed by atoms with van der Waals surface area (Å²) in [6.45, 7) is 3.36. The van der Waals surface area contributed by atoms with Gasteiger partial charge in [0.2, 0.25) is 0 Å². The van der Waals surface area contributed by atoms with Crippen LogP contribution in [-0.2, 0) is 24.7 Å². The van der Waals surface area contributed by atoms with Crippen LogP contribution in [0.1, 0.15) is 25.0 Å². The van der Waals surface area contributed by atoms with E-state index in [4.69, 9.17) is 18.8 Å². The molecule has 0 fully saturated rings. The third-order valence-corrected chi connectivity index (χ3v) is 3.73. The molecule has 0 aromatic heterocycles. The van der Waals surface area contributed by atoms with Crippen molar-refractivity contribution in [3.05, 3.63) is 35.1 Å². The molecule has 0 unspecified atom stereocenters. The van der Waals surface area contributed by atoms with Crippen LogP contribution in [0.15, 0.2) is 18.2 Å². The van der Waals surface area contributed by atoms with Gasteiger partial charge in [-0.25, -0.2) is 8.96 Å². The summed E-state index contributed by atoms with van der Waals surface area (Å²) in [6.07, 6.45) is 0. The molecule has 0 aliphatic rings. The maximum atomic E-state index is 13.6. The number of rotatable bonds is 7. The SMILES string of the molecule is CCOP(=O)(OCC)OCc1ccc(C#N)cc1F. The van der Waals surface area contributed by atoms with Crippen molar-refractivity contribution < 1.29 is 22.5 Å². The quantitative estimate of drug-likeness (QED) is 0.719. The van der Waals surface area contributed by atoms with E-state index in [1.165, 1.54) is 12.1 Å². The molecule has 7 heteroatoms. The highest BCUT2D eigenvalue weighted by atomic mass is 31.2. The highest BCUT2D eigenvalue weighted by molar-refractivity contribution is 7.48. The standard InChI is InChI=1S/C12H15FNO4P/c1-3-16-19(15,17-4-2)18-9-11-6-5-10(8-14)7-12(11)13/h5-7H,3-4,9H2,1-2H3. The first kappa shape index (κ1) is 15.8. The predicted octanol–water partition coefficient (Wildman–Crippen LogP) is 3.40. The van der Waals surface area contributed by atoms with Crippen LogP contribution in [-0.4, -0.2) is 13.2 Å². The first-order valence-electron chi connectivity index (χ1n) is 5.76. The van der Waals surface area contributed by atoms with E-state index >= 15 is 0 Å². The van der Waals surface area contributed by atoms with Crippen molar-refractivity contribution in [1.82, 2.24) is 0 Å². The van der Waals surface area contributed by atoms with Crippen LogP contribution in [0.4, 0.5) is 4.39 Å². The third kappa shape index (κ3) is 4.73. The topological polar surface area (TPSA) is 68.6 Å². The monoisotopic (exact) mass is 287 g/mol. The lowest BCUT2D eigenvalue weighted by Gasteiger charge is -2.16. The van der Waals surface area contributed by atoms with E-state index in [1.807, 2.05) is 6.07 Å². The summed E-state index contributed by atoms with van der Waals surface area (Å²) in [5.74, 6) is -0.599. The molecular weight excluding hydrogens is 272 g/mol. The van der Waals surface area contributed by atoms with Crippen molar-refractivity contribution >= 4 is 7.82 Å². The molecule has 0 N–H and O–H groups in total. The van der Waals surface area contributed by atoms with Crippen molar-refractivity contribution in [3.63, 3.8) is 0 Å². The van der Waals surface area contributed by atoms with E-state index in [-0.39, 0.29) is 30.9 Å². The Balaban J connectivity index is 2.75. The maximum Gasteiger partial charge on any atom is 0.475 e. The molecule has 0 saturated carbocycles. The molecule has 0 spiro atoms. The van der Waals surface area contributed by atoms with Crippen LogP contribution in [0.2, 0.25) is 0 Å². The van der Waals surface area contributed by atoms with Gasteiger partial charge in [0, 0.05) is 5.56 Å². The van der Waals surface area contributed by atoms with Gasteiger partial charge in [-0.05, 0) is 26.0 Å². The number of nitrogens with zero attached hydrogens (tertiary/aromatic N) is 1. The van der Waals surface area contributed by atoms with E-state index in [0.717, 1.165) is 6.07 Å². The zero-order valence-electron chi connectivity index (χ0n) is 10.8. The third-order valence-electron chi connectivity index (χ3n) is 2.13. The second-order valence-electron chi connectivity index (χ2n) is 3.47. The van der Waals surface area contributed by atoms with E-state index in [0.29, 0.717) is 0 Å². The van der Waals surface area contributed by atoms with Crippen LogP contribution in [0.25, 0.3) is 0 Å². The zero-order chi connectivity index (χ0) is 14.3. The van der Waals surface area contributed by atoms with E-state index in [2.05, 4.69) is 0 Å². The Morgan fingerprint density at radius 3 is 2.37 bits per heavy atom. The summed E-state index contributed by atoms with van der Waals surface area (Å²) in [6, 6.07) is 5.76. The molecular formula is C12H15FNO4P. The minimum absolute atomic E-state index is 0.160. The fourth-order valence-corrected chi connectivity index (χ4v) is 2.46. The van der Waals surface area contributed by atoms with Crippen LogP contribution in [0.3, 0.4) is 0 Å². The number of halogens is 1. The molecule has 0 aliphatic carbocycles. The molecule has 0 atom stereocenters. The molecule has 0 saturated heterocycles. The Kier molecular flexibility index (Phi) is 6.13. The van der Waals surface area contributed by atoms with Crippen molar-refractivity contribution in [2.24, 2.45) is 0 Å². The van der Waals surface area contributed by atoms with Crippen molar-refractivity contribution in [2.45, 2.75) is 20.5 Å². The van der Waals surface area contributed by atoms with Crippen LogP contribution < -0.4 is 0 Å². The smallest absolute Gasteiger partial charge is 0.287 e. The summed E-state index contributed by atoms with van der Waals surface area (Å²) in [7, 11) is -3.66. The van der Waals surface area contributed by atoms with Gasteiger partial charge in [0.15, 0.2) is 0 Å². The summed E-state index contributed by atoms with van der Waals surface area (Å²) in [5, 5.41) is 8.62. The Morgan fingerprint density at radius 2 is 1.89 bits per heavy atom. The highest BCUT2D eigenvalue weighted by Gasteiger charge is 2.25. The van der Waals surface area contributed by atoms with Gasteiger partial charge in [0.25, 0.3) is 0 Å². The molecule has 1 aromatic rings. The summed E-state index contributed by atoms with van der Waals surface area (Å²) >= 11 is 0. The fraction of sp³-hybridized carbons (Fsp3) is 0.417. The lowest BCUT2D eigenvalue weighted by molar-refractivity contribution is 0.115. The second-order valence-corrected chi connectivity index (χ2v) is 5.14. The minimum atomic E-state index is -3.66. The van der Waals surface area contributed by atoms with Gasteiger partial charge in [-0.1, -0.05) is 6.07 Å². The van der Waals surface area contributed by atoms with Crippen molar-refractivity contribution in [1.29, 1.82) is 5.26 Å². The largest absolute Gasteiger partial charge is 0.475 e. The van der Waals surface area contributed by atoms with E-state index in [9.17, 15) is 8.96 Å². The first-order chi connectivity index (χ1) is 9.04. The van der Waals surface area contributed by atoms with E-state index in [1.54, 1.807) is 13.8 Å². The predicted molar refractivity (Wildman–Crippen MR) is 66.8 cm³/mol. The maximum absolute atomic E-state index is 13.6. The van der Waals surface area contributed by atoms with Crippen molar-refractivity contribution in [3.8, 4) is 6.07 Å². The Morgan fingerprint density at radius 1 is 1.26 bits per heavy atom. The van der Waals surface area contributed by atoms with Gasteiger partial charge < -0.3 is 0 Å². The normalized spacial score (nSPS) is 11.3. The molecule has 0 aliphatic heterocycles. The minimum Gasteiger partial charge on any atom is -0.287 e. The molecule has 0 heterocycles. The second kappa shape index (κ2) is 7.37. The van der Waals surface area contributed by atoms with Crippen LogP contribution in [0, 0.1) is 17.1 Å². The zero-order valence-corrected chi connectivity index (χ0v) is 11.7. The molecule has 1 aromatic carbocycles. The van der Waals surface area contributed by atoms with Crippen LogP contribution in [0.5, 0.6) is 0 Å². The molecule has 0 amide bonds. The number of benzene rings is 1. The van der Waals surface area contributed by atoms with E-state index < -0.39 is 13.6 Å². The molecule has 0 radical (unpaired) electrons. The molecule has 0 bridgehead atoms. The Hall–Kier alpha value is -1.25. The molecule has 1 rings (SSSR count). The average molecular weight is 287 g/mol. The highest BCUT2D eigenvalue weighted by Crippen LogP contribution is 2.49. The number of hydrogen-bond donors (Lipinski definition) is 0. The van der Waals surface area contributed by atoms with Gasteiger partial charge in [0.1, 0.15) is 5.82 Å². The summed E-state index contributed by atoms with van der Waals surface area (Å²) < 4.78 is 40.4. The lowest BCUT2D eigenvalue weighted by atomic mass is 10.1. The number of nitriles is 1. The van der Waals surface area contributed by atoms with Gasteiger partial charge in [-0.15, -0.1) is 0 Å². The lowest BCUT2D eigenvalue weighted by Crippen LogP contribution is -2.02. The molecule has 104 valence electrons. The van der Waals surface area contributed by atoms with Gasteiger partial charge >= 0.3 is 7.82 Å². The number of phosphoric acid groups is 1. The van der Waals surface area contributed by atoms with Gasteiger partial charge in [0.05, 0.1) is 31.5 Å². The molecule has 5 nitrogen and oxygen atoms in total. The fourth-order valence-electron chi connectivity index (χ4n) is 1.31. The Bertz CT molecular complexity index is 505. The molecule has 19 heavy (non-hydrogen) atoms. The van der Waals surface area contributed by atoms with Crippen LogP contribution >= 0.6 is 7.82 Å². The Labute approximate surface area is 111 Å². The van der Waals surface area contributed by atoms with Gasteiger partial charge in [-0.3, -0.25) is 13.6 Å². The summed E-state index contributed by atoms with van der Waals surface area (Å²) in [5.41, 5.74) is 0.387. The van der Waals surface area contributed by atoms with Gasteiger partial charge in [-0.2, -0.15) is 5.26 Å². The van der Waals surface area contributed by atoms with Crippen molar-refractivity contribution in [2.75, 3.05) is 13.2 Å². The first-order valence-corrected chi connectivity index (χ1v) is 7.23. The number of phosphoric ester groups is 1. The summed E-state index contributed by atoms with van der Waals surface area (Å²) in [4.78, 5) is 0. The average Bonchev–Trinajstić information content (AvgIpc) is 2.38.